The fraction of sp³-hybridized carbons (Fsp3) is 0.350. The van der Waals surface area contributed by atoms with E-state index in [9.17, 15) is 18.0 Å². The van der Waals surface area contributed by atoms with E-state index in [2.05, 4.69) is 5.32 Å². The first-order valence-corrected chi connectivity index (χ1v) is 8.83. The minimum Gasteiger partial charge on any atom is -0.492 e. The molecule has 0 spiro atoms. The van der Waals surface area contributed by atoms with Crippen molar-refractivity contribution in [2.75, 3.05) is 11.5 Å². The van der Waals surface area contributed by atoms with E-state index in [0.717, 1.165) is 41.1 Å². The molecule has 142 valence electrons. The normalized spacial score (nSPS) is 18.8. The smallest absolute Gasteiger partial charge is 0.416 e. The van der Waals surface area contributed by atoms with Crippen LogP contribution < -0.4 is 15.0 Å². The molecule has 27 heavy (non-hydrogen) atoms. The maximum absolute atomic E-state index is 12.9. The third-order valence-electron chi connectivity index (χ3n) is 4.99. The molecule has 2 aliphatic heterocycles. The Morgan fingerprint density at radius 2 is 1.85 bits per heavy atom. The van der Waals surface area contributed by atoms with Gasteiger partial charge in [-0.2, -0.15) is 13.2 Å². The Labute approximate surface area is 154 Å². The van der Waals surface area contributed by atoms with Crippen LogP contribution in [0.2, 0.25) is 0 Å². The summed E-state index contributed by atoms with van der Waals surface area (Å²) in [7, 11) is 0. The molecule has 0 aliphatic carbocycles. The zero-order chi connectivity index (χ0) is 19.3. The Morgan fingerprint density at radius 1 is 1.15 bits per heavy atom. The van der Waals surface area contributed by atoms with Gasteiger partial charge in [-0.15, -0.1) is 0 Å². The van der Waals surface area contributed by atoms with E-state index in [1.54, 1.807) is 4.90 Å². The lowest BCUT2D eigenvalue weighted by molar-refractivity contribution is -0.137. The first kappa shape index (κ1) is 17.7. The standard InChI is InChI=1S/C20H19F3N2O2/c1-11(2)25-15-8-5-13-9-10-27-18(13)16(15)17(24-19(25)26)12-3-6-14(7-4-12)20(21,22)23/h3-8,11,17H,9-10H2,1-2H3,(H,24,26). The molecule has 0 fully saturated rings. The number of ether oxygens (including phenoxy) is 1. The second-order valence-corrected chi connectivity index (χ2v) is 7.05. The van der Waals surface area contributed by atoms with E-state index in [0.29, 0.717) is 12.2 Å². The monoisotopic (exact) mass is 376 g/mol. The molecule has 0 saturated heterocycles. The average Bonchev–Trinajstić information content (AvgIpc) is 3.08. The number of carbonyl (C=O) groups is 1. The summed E-state index contributed by atoms with van der Waals surface area (Å²) >= 11 is 0. The zero-order valence-corrected chi connectivity index (χ0v) is 14.9. The number of anilines is 1. The minimum absolute atomic E-state index is 0.0724. The van der Waals surface area contributed by atoms with Gasteiger partial charge in [0.05, 0.1) is 23.9 Å². The van der Waals surface area contributed by atoms with Crippen LogP contribution in [-0.2, 0) is 12.6 Å². The molecule has 0 aromatic heterocycles. The Hall–Kier alpha value is -2.70. The molecule has 1 atom stereocenters. The molecule has 1 unspecified atom stereocenters. The average molecular weight is 376 g/mol. The summed E-state index contributed by atoms with van der Waals surface area (Å²) in [5, 5.41) is 2.93. The van der Waals surface area contributed by atoms with Crippen LogP contribution in [0.3, 0.4) is 0 Å². The predicted molar refractivity (Wildman–Crippen MR) is 95.1 cm³/mol. The van der Waals surface area contributed by atoms with Gasteiger partial charge in [0.2, 0.25) is 0 Å². The van der Waals surface area contributed by atoms with Crippen molar-refractivity contribution in [3.63, 3.8) is 0 Å². The van der Waals surface area contributed by atoms with Crippen LogP contribution in [0, 0.1) is 0 Å². The molecule has 2 aliphatic rings. The van der Waals surface area contributed by atoms with Crippen LogP contribution in [0.15, 0.2) is 36.4 Å². The van der Waals surface area contributed by atoms with Gasteiger partial charge in [-0.05, 0) is 43.2 Å². The summed E-state index contributed by atoms with van der Waals surface area (Å²) in [5.41, 5.74) is 2.46. The highest BCUT2D eigenvalue weighted by molar-refractivity contribution is 5.97. The topological polar surface area (TPSA) is 41.6 Å². The van der Waals surface area contributed by atoms with Gasteiger partial charge in [-0.25, -0.2) is 4.79 Å². The van der Waals surface area contributed by atoms with E-state index in [4.69, 9.17) is 4.74 Å². The molecule has 0 radical (unpaired) electrons. The maximum atomic E-state index is 12.9. The van der Waals surface area contributed by atoms with E-state index >= 15 is 0 Å². The minimum atomic E-state index is -4.40. The number of carbonyl (C=O) groups excluding carboxylic acids is 1. The molecule has 0 saturated carbocycles. The van der Waals surface area contributed by atoms with Crippen LogP contribution in [0.4, 0.5) is 23.7 Å². The Bertz CT molecular complexity index is 891. The number of hydrogen-bond acceptors (Lipinski definition) is 2. The second kappa shape index (κ2) is 6.18. The number of rotatable bonds is 2. The first-order valence-electron chi connectivity index (χ1n) is 8.83. The van der Waals surface area contributed by atoms with Crippen LogP contribution in [0.25, 0.3) is 0 Å². The Kier molecular flexibility index (Phi) is 4.05. The lowest BCUT2D eigenvalue weighted by Gasteiger charge is -2.38. The molecule has 2 aromatic carbocycles. The summed E-state index contributed by atoms with van der Waals surface area (Å²) in [5.74, 6) is 0.725. The van der Waals surface area contributed by atoms with Gasteiger partial charge in [-0.1, -0.05) is 18.2 Å². The van der Waals surface area contributed by atoms with Crippen molar-refractivity contribution in [2.24, 2.45) is 0 Å². The van der Waals surface area contributed by atoms with Crippen LogP contribution >= 0.6 is 0 Å². The highest BCUT2D eigenvalue weighted by Gasteiger charge is 2.38. The lowest BCUT2D eigenvalue weighted by atomic mass is 9.91. The molecule has 2 aromatic rings. The van der Waals surface area contributed by atoms with Gasteiger partial charge < -0.3 is 10.1 Å². The van der Waals surface area contributed by atoms with Gasteiger partial charge in [0.1, 0.15) is 5.75 Å². The van der Waals surface area contributed by atoms with Crippen molar-refractivity contribution in [2.45, 2.75) is 38.5 Å². The van der Waals surface area contributed by atoms with Gasteiger partial charge in [0.25, 0.3) is 0 Å². The molecule has 2 heterocycles. The van der Waals surface area contributed by atoms with E-state index in [-0.39, 0.29) is 12.1 Å². The third kappa shape index (κ3) is 2.91. The molecule has 1 N–H and O–H groups in total. The number of nitrogens with one attached hydrogen (secondary N) is 1. The molecule has 2 amide bonds. The molecule has 7 heteroatoms. The van der Waals surface area contributed by atoms with Crippen molar-refractivity contribution < 1.29 is 22.7 Å². The molecule has 4 rings (SSSR count). The van der Waals surface area contributed by atoms with E-state index < -0.39 is 17.8 Å². The summed E-state index contributed by atoms with van der Waals surface area (Å²) in [6.45, 7) is 4.38. The summed E-state index contributed by atoms with van der Waals surface area (Å²) in [6.07, 6.45) is -3.62. The zero-order valence-electron chi connectivity index (χ0n) is 14.9. The molecular formula is C20H19F3N2O2. The van der Waals surface area contributed by atoms with Crippen LogP contribution in [0.1, 0.15) is 42.1 Å². The first-order chi connectivity index (χ1) is 12.8. The van der Waals surface area contributed by atoms with Crippen molar-refractivity contribution in [1.29, 1.82) is 0 Å². The van der Waals surface area contributed by atoms with Gasteiger partial charge in [0.15, 0.2) is 0 Å². The summed E-state index contributed by atoms with van der Waals surface area (Å²) < 4.78 is 44.5. The highest BCUT2D eigenvalue weighted by atomic mass is 19.4. The number of urea groups is 1. The highest BCUT2D eigenvalue weighted by Crippen LogP contribution is 2.45. The number of halogens is 3. The van der Waals surface area contributed by atoms with Crippen LogP contribution in [-0.4, -0.2) is 18.7 Å². The van der Waals surface area contributed by atoms with Crippen LogP contribution in [0.5, 0.6) is 5.75 Å². The fourth-order valence-corrected chi connectivity index (χ4v) is 3.76. The van der Waals surface area contributed by atoms with Gasteiger partial charge >= 0.3 is 12.2 Å². The summed E-state index contributed by atoms with van der Waals surface area (Å²) in [4.78, 5) is 14.4. The second-order valence-electron chi connectivity index (χ2n) is 7.05. The van der Waals surface area contributed by atoms with Crippen molar-refractivity contribution >= 4 is 11.7 Å². The van der Waals surface area contributed by atoms with E-state index in [1.165, 1.54) is 12.1 Å². The number of fused-ring (bicyclic) bond motifs is 3. The number of nitrogens with zero attached hydrogens (tertiary/aromatic N) is 1. The lowest BCUT2D eigenvalue weighted by Crippen LogP contribution is -2.50. The third-order valence-corrected chi connectivity index (χ3v) is 4.99. The van der Waals surface area contributed by atoms with Crippen molar-refractivity contribution in [3.05, 3.63) is 58.7 Å². The van der Waals surface area contributed by atoms with E-state index in [1.807, 2.05) is 26.0 Å². The Balaban J connectivity index is 1.84. The number of hydrogen-bond donors (Lipinski definition) is 1. The quantitative estimate of drug-likeness (QED) is 0.828. The van der Waals surface area contributed by atoms with Crippen molar-refractivity contribution in [3.8, 4) is 5.75 Å². The number of benzene rings is 2. The molecule has 0 bridgehead atoms. The van der Waals surface area contributed by atoms with Crippen molar-refractivity contribution in [1.82, 2.24) is 5.32 Å². The summed E-state index contributed by atoms with van der Waals surface area (Å²) in [6, 6.07) is 7.86. The Morgan fingerprint density at radius 3 is 2.48 bits per heavy atom. The fourth-order valence-electron chi connectivity index (χ4n) is 3.76. The van der Waals surface area contributed by atoms with Gasteiger partial charge in [0, 0.05) is 18.0 Å². The number of alkyl halides is 3. The molecule has 4 nitrogen and oxygen atoms in total. The maximum Gasteiger partial charge on any atom is 0.416 e. The SMILES string of the molecule is CC(C)N1C(=O)NC(c2ccc(C(F)(F)F)cc2)c2c1ccc1c2OCC1. The number of amides is 2. The predicted octanol–water partition coefficient (Wildman–Crippen LogP) is 4.67. The van der Waals surface area contributed by atoms with Gasteiger partial charge in [-0.3, -0.25) is 4.90 Å². The largest absolute Gasteiger partial charge is 0.492 e. The molecular weight excluding hydrogens is 357 g/mol.